The normalized spacial score (nSPS) is 30.9. The Labute approximate surface area is 294 Å². The highest BCUT2D eigenvalue weighted by atomic mass is 16.7. The van der Waals surface area contributed by atoms with Crippen molar-refractivity contribution in [1.82, 2.24) is 5.32 Å². The number of aliphatic hydroxyl groups is 5. The summed E-state index contributed by atoms with van der Waals surface area (Å²) in [6.45, 7) is 3.31. The number of phenolic OH excluding ortho intramolecular Hbond substituents is 1. The monoisotopic (exact) mass is 705 g/mol. The number of aromatic hydroxyl groups is 1. The van der Waals surface area contributed by atoms with Gasteiger partial charge in [0.2, 0.25) is 12.2 Å². The van der Waals surface area contributed by atoms with E-state index in [1.165, 1.54) is 25.1 Å². The lowest BCUT2D eigenvalue weighted by Gasteiger charge is -2.41. The van der Waals surface area contributed by atoms with Crippen LogP contribution in [0.3, 0.4) is 0 Å². The quantitative estimate of drug-likeness (QED) is 0.113. The molecule has 2 heterocycles. The van der Waals surface area contributed by atoms with Crippen LogP contribution in [0.5, 0.6) is 17.2 Å². The van der Waals surface area contributed by atoms with Crippen molar-refractivity contribution in [2.24, 2.45) is 0 Å². The van der Waals surface area contributed by atoms with Gasteiger partial charge in [-0.05, 0) is 66.5 Å². The summed E-state index contributed by atoms with van der Waals surface area (Å²) in [5.41, 5.74) is 3.41. The first-order chi connectivity index (χ1) is 24.5. The van der Waals surface area contributed by atoms with Gasteiger partial charge in [-0.1, -0.05) is 54.6 Å². The number of hydrogen-bond acceptors (Lipinski definition) is 12. The maximum Gasteiger partial charge on any atom is 0.247 e. The van der Waals surface area contributed by atoms with Crippen LogP contribution in [0, 0.1) is 0 Å². The Balaban J connectivity index is 1.04. The molecule has 0 radical (unpaired) electrons. The Morgan fingerprint density at radius 1 is 0.843 bits per heavy atom. The highest BCUT2D eigenvalue weighted by Gasteiger charge is 2.53. The number of benzene rings is 3. The fraction of sp³-hybridized carbons (Fsp3) is 0.395. The summed E-state index contributed by atoms with van der Waals surface area (Å²) in [5, 5.41) is 66.2. The van der Waals surface area contributed by atoms with E-state index in [1.54, 1.807) is 19.1 Å². The second-order valence-corrected chi connectivity index (χ2v) is 13.0. The topological polar surface area (TPSA) is 197 Å². The maximum atomic E-state index is 12.9. The lowest BCUT2D eigenvalue weighted by Crippen LogP contribution is -2.67. The van der Waals surface area contributed by atoms with Crippen LogP contribution in [0.4, 0.5) is 0 Å². The van der Waals surface area contributed by atoms with Gasteiger partial charge in [0, 0.05) is 12.0 Å². The van der Waals surface area contributed by atoms with E-state index >= 15 is 0 Å². The van der Waals surface area contributed by atoms with Crippen LogP contribution in [-0.2, 0) is 25.4 Å². The molecule has 3 aliphatic rings. The molecule has 1 saturated carbocycles. The van der Waals surface area contributed by atoms with E-state index in [0.717, 1.165) is 16.9 Å². The summed E-state index contributed by atoms with van der Waals surface area (Å²) in [5.74, 6) is -0.234. The molecule has 2 aliphatic heterocycles. The Bertz CT molecular complexity index is 1730. The Kier molecular flexibility index (Phi) is 11.4. The maximum absolute atomic E-state index is 12.9. The zero-order valence-electron chi connectivity index (χ0n) is 28.1. The summed E-state index contributed by atoms with van der Waals surface area (Å²) in [4.78, 5) is 12.9. The van der Waals surface area contributed by atoms with Gasteiger partial charge in [-0.3, -0.25) is 4.79 Å². The molecule has 2 saturated heterocycles. The van der Waals surface area contributed by atoms with Gasteiger partial charge in [-0.25, -0.2) is 0 Å². The van der Waals surface area contributed by atoms with E-state index in [2.05, 4.69) is 17.4 Å². The summed E-state index contributed by atoms with van der Waals surface area (Å²) < 4.78 is 28.2. The van der Waals surface area contributed by atoms with Crippen LogP contribution < -0.4 is 14.8 Å². The summed E-state index contributed by atoms with van der Waals surface area (Å²) in [6.07, 6.45) is -6.96. The number of carbonyl (C=O) groups excluding carboxylic acids is 1. The van der Waals surface area contributed by atoms with E-state index in [-0.39, 0.29) is 30.5 Å². The van der Waals surface area contributed by atoms with Crippen LogP contribution in [0.25, 0.3) is 6.08 Å². The molecular weight excluding hydrogens is 662 g/mol. The van der Waals surface area contributed by atoms with E-state index in [1.807, 2.05) is 42.5 Å². The minimum atomic E-state index is -1.49. The number of carbonyl (C=O) groups is 1. The van der Waals surface area contributed by atoms with E-state index in [9.17, 15) is 35.4 Å². The van der Waals surface area contributed by atoms with Gasteiger partial charge in [0.05, 0.1) is 6.04 Å². The fourth-order valence-corrected chi connectivity index (χ4v) is 6.49. The van der Waals surface area contributed by atoms with Crippen molar-refractivity contribution >= 4 is 12.0 Å². The van der Waals surface area contributed by atoms with Crippen molar-refractivity contribution < 1.29 is 59.1 Å². The molecule has 0 aromatic heterocycles. The predicted molar refractivity (Wildman–Crippen MR) is 183 cm³/mol. The number of nitrogens with one attached hydrogen (secondary N) is 1. The van der Waals surface area contributed by atoms with Gasteiger partial charge in [-0.2, -0.15) is 0 Å². The van der Waals surface area contributed by atoms with Gasteiger partial charge in [0.15, 0.2) is 11.5 Å². The van der Waals surface area contributed by atoms with Crippen LogP contribution in [-0.4, -0.2) is 111 Å². The predicted octanol–water partition coefficient (Wildman–Crippen LogP) is 1.56. The van der Waals surface area contributed by atoms with Crippen molar-refractivity contribution in [2.45, 2.75) is 81.4 Å². The third-order valence-electron chi connectivity index (χ3n) is 9.39. The van der Waals surface area contributed by atoms with E-state index in [4.69, 9.17) is 23.7 Å². The molecule has 272 valence electrons. The lowest BCUT2D eigenvalue weighted by atomic mass is 9.83. The Morgan fingerprint density at radius 2 is 1.55 bits per heavy atom. The molecule has 1 aliphatic carbocycles. The van der Waals surface area contributed by atoms with Crippen molar-refractivity contribution in [3.63, 3.8) is 0 Å². The number of amides is 1. The number of hydrogen-bond donors (Lipinski definition) is 7. The summed E-state index contributed by atoms with van der Waals surface area (Å²) >= 11 is 0. The molecule has 3 fully saturated rings. The molecule has 6 rings (SSSR count). The van der Waals surface area contributed by atoms with Gasteiger partial charge < -0.3 is 59.6 Å². The van der Waals surface area contributed by atoms with Crippen molar-refractivity contribution in [3.05, 3.63) is 107 Å². The van der Waals surface area contributed by atoms with Crippen LogP contribution in [0.2, 0.25) is 0 Å². The van der Waals surface area contributed by atoms with Crippen LogP contribution in [0.15, 0.2) is 90.0 Å². The molecule has 0 spiro atoms. The largest absolute Gasteiger partial charge is 0.504 e. The molecule has 0 unspecified atom stereocenters. The van der Waals surface area contributed by atoms with Gasteiger partial charge >= 0.3 is 0 Å². The molecule has 1 amide bonds. The SMILES string of the molecule is CC(=Cc1ccc(O[C@@H]2O[C@H](C(C)=CCOc3ccccc3Cc3ccccc3)[C@@H](O)[C@@H]2O)c(O)c1)C(=O)N[C@@H]1[C@H](O)[C@H](O)[C@H]2OCO[C@H]2[C@@H]1O. The number of fused-ring (bicyclic) bond motifs is 1. The third kappa shape index (κ3) is 8.11. The number of ether oxygens (including phenoxy) is 5. The number of aliphatic hydroxyl groups excluding tert-OH is 5. The molecule has 0 bridgehead atoms. The van der Waals surface area contributed by atoms with Crippen LogP contribution in [0.1, 0.15) is 30.5 Å². The first-order valence-electron chi connectivity index (χ1n) is 16.7. The Morgan fingerprint density at radius 3 is 2.29 bits per heavy atom. The molecule has 13 heteroatoms. The average Bonchev–Trinajstić information content (AvgIpc) is 3.73. The zero-order chi connectivity index (χ0) is 36.2. The van der Waals surface area contributed by atoms with Crippen molar-refractivity contribution in [2.75, 3.05) is 13.4 Å². The van der Waals surface area contributed by atoms with E-state index in [0.29, 0.717) is 17.6 Å². The van der Waals surface area contributed by atoms with Crippen LogP contribution >= 0.6 is 0 Å². The smallest absolute Gasteiger partial charge is 0.247 e. The Hall–Kier alpha value is -4.31. The summed E-state index contributed by atoms with van der Waals surface area (Å²) in [6, 6.07) is 20.9. The second-order valence-electron chi connectivity index (χ2n) is 13.0. The summed E-state index contributed by atoms with van der Waals surface area (Å²) in [7, 11) is 0. The van der Waals surface area contributed by atoms with Gasteiger partial charge in [0.1, 0.15) is 68.0 Å². The lowest BCUT2D eigenvalue weighted by molar-refractivity contribution is -0.155. The van der Waals surface area contributed by atoms with Gasteiger partial charge in [0.25, 0.3) is 0 Å². The first-order valence-corrected chi connectivity index (χ1v) is 16.7. The number of rotatable bonds is 11. The molecule has 7 N–H and O–H groups in total. The molecule has 13 nitrogen and oxygen atoms in total. The first kappa shape index (κ1) is 36.5. The molecular formula is C38H43NO12. The average molecular weight is 706 g/mol. The van der Waals surface area contributed by atoms with Crippen molar-refractivity contribution in [3.8, 4) is 17.2 Å². The zero-order valence-corrected chi connectivity index (χ0v) is 28.1. The van der Waals surface area contributed by atoms with E-state index < -0.39 is 67.1 Å². The number of para-hydroxylation sites is 1. The second kappa shape index (κ2) is 15.9. The molecule has 3 aromatic carbocycles. The highest BCUT2D eigenvalue weighted by molar-refractivity contribution is 5.97. The van der Waals surface area contributed by atoms with Gasteiger partial charge in [-0.15, -0.1) is 0 Å². The minimum absolute atomic E-state index is 0.0260. The fourth-order valence-electron chi connectivity index (χ4n) is 6.49. The van der Waals surface area contributed by atoms with Crippen molar-refractivity contribution in [1.29, 1.82) is 0 Å². The standard InChI is InChI=1S/C38H43NO12/c1-20(14-15-47-26-11-7-6-10-24(26)17-22-8-4-3-5-9-22)34-32(44)33(45)38(51-34)50-27-13-12-23(18-25(27)40)16-21(2)37(46)39-28-29(41)31(43)36-35(30(28)42)48-19-49-36/h3-14,16,18,28-36,38,40-45H,15,17,19H2,1-2H3,(H,39,46)/t28-,29+,30-,31+,32+,33+,34-,35+,36-,38-/m1/s1. The third-order valence-corrected chi connectivity index (χ3v) is 9.39. The molecule has 3 aromatic rings. The minimum Gasteiger partial charge on any atom is -0.504 e. The highest BCUT2D eigenvalue weighted by Crippen LogP contribution is 2.34. The molecule has 10 atom stereocenters. The molecule has 51 heavy (non-hydrogen) atoms. The number of phenols is 1.